The Morgan fingerprint density at radius 1 is 1.00 bits per heavy atom. The van der Waals surface area contributed by atoms with Crippen molar-refractivity contribution in [2.75, 3.05) is 0 Å². The highest BCUT2D eigenvalue weighted by Crippen LogP contribution is 2.23. The van der Waals surface area contributed by atoms with Gasteiger partial charge in [0.1, 0.15) is 11.6 Å². The Balaban J connectivity index is 5.02. The van der Waals surface area contributed by atoms with Crippen molar-refractivity contribution in [2.45, 2.75) is 72.6 Å². The summed E-state index contributed by atoms with van der Waals surface area (Å²) in [5.74, 6) is -0.245. The summed E-state index contributed by atoms with van der Waals surface area (Å²) in [5, 5.41) is 12.5. The SMILES string of the molecule is CC(C)(C)OC(=O)N[C@H](C(=O)C(C)(C)C)C(C)(C)O. The van der Waals surface area contributed by atoms with Crippen LogP contribution in [0.25, 0.3) is 0 Å². The summed E-state index contributed by atoms with van der Waals surface area (Å²) in [6.45, 7) is 13.4. The molecule has 0 saturated heterocycles. The lowest BCUT2D eigenvalue weighted by atomic mass is 9.81. The van der Waals surface area contributed by atoms with Gasteiger partial charge in [-0.05, 0) is 34.6 Å². The summed E-state index contributed by atoms with van der Waals surface area (Å²) < 4.78 is 5.11. The lowest BCUT2D eigenvalue weighted by Gasteiger charge is -2.34. The first-order valence-corrected chi connectivity index (χ1v) is 6.41. The molecule has 0 spiro atoms. The zero-order chi connectivity index (χ0) is 15.6. The van der Waals surface area contributed by atoms with E-state index >= 15 is 0 Å². The Labute approximate surface area is 115 Å². The van der Waals surface area contributed by atoms with Crippen LogP contribution in [0.15, 0.2) is 0 Å². The van der Waals surface area contributed by atoms with Gasteiger partial charge in [0, 0.05) is 5.41 Å². The summed E-state index contributed by atoms with van der Waals surface area (Å²) in [4.78, 5) is 24.0. The number of aliphatic hydroxyl groups is 1. The number of Topliss-reactive ketones (excluding diaryl/α,β-unsaturated/α-hetero) is 1. The molecule has 0 aliphatic rings. The first-order valence-electron chi connectivity index (χ1n) is 6.41. The van der Waals surface area contributed by atoms with Gasteiger partial charge in [-0.1, -0.05) is 20.8 Å². The number of ether oxygens (including phenoxy) is 1. The third kappa shape index (κ3) is 6.57. The minimum atomic E-state index is -1.36. The highest BCUT2D eigenvalue weighted by atomic mass is 16.6. The molecular formula is C14H27NO4. The molecule has 112 valence electrons. The van der Waals surface area contributed by atoms with E-state index in [1.165, 1.54) is 13.8 Å². The second-order valence-corrected chi connectivity index (χ2v) is 7.35. The van der Waals surface area contributed by atoms with E-state index in [1.54, 1.807) is 41.5 Å². The smallest absolute Gasteiger partial charge is 0.408 e. The molecule has 0 fully saturated rings. The molecule has 0 bridgehead atoms. The van der Waals surface area contributed by atoms with E-state index in [0.29, 0.717) is 0 Å². The van der Waals surface area contributed by atoms with Gasteiger partial charge in [-0.3, -0.25) is 4.79 Å². The standard InChI is InChI=1S/C14H27NO4/c1-12(2,3)10(16)9(14(7,8)18)15-11(17)19-13(4,5)6/h9,18H,1-8H3,(H,15,17)/t9-/m1/s1. The molecule has 5 nitrogen and oxygen atoms in total. The minimum absolute atomic E-state index is 0.245. The van der Waals surface area contributed by atoms with Crippen LogP contribution < -0.4 is 5.32 Å². The molecule has 0 aromatic heterocycles. The highest BCUT2D eigenvalue weighted by Gasteiger charge is 2.40. The molecule has 1 atom stereocenters. The monoisotopic (exact) mass is 273 g/mol. The van der Waals surface area contributed by atoms with Gasteiger partial charge >= 0.3 is 6.09 Å². The highest BCUT2D eigenvalue weighted by molar-refractivity contribution is 5.92. The van der Waals surface area contributed by atoms with Crippen molar-refractivity contribution in [3.8, 4) is 0 Å². The van der Waals surface area contributed by atoms with E-state index in [2.05, 4.69) is 5.32 Å². The second-order valence-electron chi connectivity index (χ2n) is 7.35. The van der Waals surface area contributed by atoms with E-state index in [-0.39, 0.29) is 5.78 Å². The molecule has 2 N–H and O–H groups in total. The quantitative estimate of drug-likeness (QED) is 0.827. The predicted octanol–water partition coefficient (Wildman–Crippen LogP) is 2.27. The predicted molar refractivity (Wildman–Crippen MR) is 73.9 cm³/mol. The van der Waals surface area contributed by atoms with Gasteiger partial charge in [-0.25, -0.2) is 4.79 Å². The van der Waals surface area contributed by atoms with Crippen LogP contribution in [0, 0.1) is 5.41 Å². The van der Waals surface area contributed by atoms with Gasteiger partial charge in [0.05, 0.1) is 5.60 Å². The minimum Gasteiger partial charge on any atom is -0.444 e. The first kappa shape index (κ1) is 17.9. The fourth-order valence-corrected chi connectivity index (χ4v) is 1.42. The molecule has 1 amide bonds. The average Bonchev–Trinajstić information content (AvgIpc) is 2.06. The zero-order valence-corrected chi connectivity index (χ0v) is 13.2. The molecule has 0 radical (unpaired) electrons. The average molecular weight is 273 g/mol. The number of hydrogen-bond acceptors (Lipinski definition) is 4. The van der Waals surface area contributed by atoms with Crippen molar-refractivity contribution < 1.29 is 19.4 Å². The van der Waals surface area contributed by atoms with Crippen LogP contribution in [-0.4, -0.2) is 34.2 Å². The third-order valence-corrected chi connectivity index (χ3v) is 2.37. The fourth-order valence-electron chi connectivity index (χ4n) is 1.42. The number of carbonyl (C=O) groups is 2. The van der Waals surface area contributed by atoms with Gasteiger partial charge in [0.2, 0.25) is 0 Å². The zero-order valence-electron chi connectivity index (χ0n) is 13.2. The van der Waals surface area contributed by atoms with Gasteiger partial charge < -0.3 is 15.2 Å². The number of carbonyl (C=O) groups excluding carboxylic acids is 2. The van der Waals surface area contributed by atoms with Crippen molar-refractivity contribution in [2.24, 2.45) is 5.41 Å². The van der Waals surface area contributed by atoms with Crippen molar-refractivity contribution >= 4 is 11.9 Å². The maximum absolute atomic E-state index is 12.3. The van der Waals surface area contributed by atoms with Crippen LogP contribution >= 0.6 is 0 Å². The van der Waals surface area contributed by atoms with E-state index in [9.17, 15) is 14.7 Å². The third-order valence-electron chi connectivity index (χ3n) is 2.37. The van der Waals surface area contributed by atoms with E-state index in [1.807, 2.05) is 0 Å². The summed E-state index contributed by atoms with van der Waals surface area (Å²) in [7, 11) is 0. The van der Waals surface area contributed by atoms with Crippen molar-refractivity contribution in [1.29, 1.82) is 0 Å². The maximum Gasteiger partial charge on any atom is 0.408 e. The molecule has 0 aliphatic carbocycles. The van der Waals surface area contributed by atoms with Crippen LogP contribution in [0.3, 0.4) is 0 Å². The first-order chi connectivity index (χ1) is 8.14. The van der Waals surface area contributed by atoms with Crippen LogP contribution in [0.1, 0.15) is 55.4 Å². The number of nitrogens with one attached hydrogen (secondary N) is 1. The summed E-state index contributed by atoms with van der Waals surface area (Å²) in [6.07, 6.45) is -0.711. The van der Waals surface area contributed by atoms with E-state index < -0.39 is 28.8 Å². The molecule has 0 aliphatic heterocycles. The van der Waals surface area contributed by atoms with Crippen LogP contribution in [-0.2, 0) is 9.53 Å². The molecule has 5 heteroatoms. The van der Waals surface area contributed by atoms with Gasteiger partial charge in [-0.2, -0.15) is 0 Å². The number of rotatable bonds is 3. The second kappa shape index (κ2) is 5.49. The van der Waals surface area contributed by atoms with Crippen molar-refractivity contribution in [3.05, 3.63) is 0 Å². The fraction of sp³-hybridized carbons (Fsp3) is 0.857. The van der Waals surface area contributed by atoms with Gasteiger partial charge in [0.25, 0.3) is 0 Å². The summed E-state index contributed by atoms with van der Waals surface area (Å²) >= 11 is 0. The number of alkyl carbamates (subject to hydrolysis) is 1. The summed E-state index contributed by atoms with van der Waals surface area (Å²) in [5.41, 5.74) is -2.68. The molecule has 0 unspecified atom stereocenters. The molecule has 0 aromatic carbocycles. The molecule has 0 aromatic rings. The van der Waals surface area contributed by atoms with Crippen LogP contribution in [0.5, 0.6) is 0 Å². The topological polar surface area (TPSA) is 75.6 Å². The molecule has 19 heavy (non-hydrogen) atoms. The van der Waals surface area contributed by atoms with Gasteiger partial charge in [0.15, 0.2) is 5.78 Å². The molecular weight excluding hydrogens is 246 g/mol. The Morgan fingerprint density at radius 3 is 1.68 bits per heavy atom. The summed E-state index contributed by atoms with van der Waals surface area (Å²) in [6, 6.07) is -1.01. The maximum atomic E-state index is 12.3. The van der Waals surface area contributed by atoms with E-state index in [0.717, 1.165) is 0 Å². The molecule has 0 rings (SSSR count). The lowest BCUT2D eigenvalue weighted by molar-refractivity contribution is -0.134. The number of amides is 1. The van der Waals surface area contributed by atoms with Crippen LogP contribution in [0.4, 0.5) is 4.79 Å². The molecule has 0 saturated carbocycles. The number of hydrogen-bond donors (Lipinski definition) is 2. The Kier molecular flexibility index (Phi) is 5.17. The van der Waals surface area contributed by atoms with E-state index in [4.69, 9.17) is 4.74 Å². The normalized spacial score (nSPS) is 14.8. The van der Waals surface area contributed by atoms with Crippen molar-refractivity contribution in [3.63, 3.8) is 0 Å². The lowest BCUT2D eigenvalue weighted by Crippen LogP contribution is -2.57. The van der Waals surface area contributed by atoms with Gasteiger partial charge in [-0.15, -0.1) is 0 Å². The largest absolute Gasteiger partial charge is 0.444 e. The number of ketones is 1. The van der Waals surface area contributed by atoms with Crippen LogP contribution in [0.2, 0.25) is 0 Å². The Hall–Kier alpha value is -1.10. The molecule has 0 heterocycles. The Bertz CT molecular complexity index is 342. The van der Waals surface area contributed by atoms with Crippen molar-refractivity contribution in [1.82, 2.24) is 5.32 Å². The Morgan fingerprint density at radius 2 is 1.42 bits per heavy atom.